The second kappa shape index (κ2) is 9.28. The Bertz CT molecular complexity index is 701. The predicted octanol–water partition coefficient (Wildman–Crippen LogP) is 2.11. The number of hydrogen-bond acceptors (Lipinski definition) is 3. The van der Waals surface area contributed by atoms with Gasteiger partial charge in [0.25, 0.3) is 5.91 Å². The summed E-state index contributed by atoms with van der Waals surface area (Å²) in [5, 5.41) is 2.83. The summed E-state index contributed by atoms with van der Waals surface area (Å²) < 4.78 is 6.71. The Hall–Kier alpha value is -2.08. The lowest BCUT2D eigenvalue weighted by Gasteiger charge is -2.09. The van der Waals surface area contributed by atoms with Crippen LogP contribution < -0.4 is 15.5 Å². The van der Waals surface area contributed by atoms with Crippen molar-refractivity contribution >= 4 is 41.4 Å². The zero-order valence-corrected chi connectivity index (χ0v) is 15.1. The number of nitrogens with one attached hydrogen (secondary N) is 1. The van der Waals surface area contributed by atoms with Crippen LogP contribution in [-0.2, 0) is 0 Å². The smallest absolute Gasteiger partial charge is 0.252 e. The van der Waals surface area contributed by atoms with Gasteiger partial charge in [-0.05, 0) is 31.0 Å². The number of ether oxygens (including phenoxy) is 1. The highest BCUT2D eigenvalue weighted by Gasteiger charge is 2.09. The highest BCUT2D eigenvalue weighted by atomic mass is 79.9. The van der Waals surface area contributed by atoms with Crippen LogP contribution >= 0.6 is 15.9 Å². The molecule has 2 aromatic carbocycles. The first kappa shape index (κ1) is 18.3. The highest BCUT2D eigenvalue weighted by molar-refractivity contribution is 9.10. The van der Waals surface area contributed by atoms with Gasteiger partial charge in [0.05, 0.1) is 6.61 Å². The largest absolute Gasteiger partial charge is 0.494 e. The number of halogens is 1. The molecule has 0 saturated heterocycles. The number of aldehydes is 1. The van der Waals surface area contributed by atoms with Gasteiger partial charge in [0.1, 0.15) is 13.6 Å². The Morgan fingerprint density at radius 2 is 2.00 bits per heavy atom. The Morgan fingerprint density at radius 1 is 1.21 bits per heavy atom. The van der Waals surface area contributed by atoms with E-state index in [2.05, 4.69) is 21.2 Å². The molecule has 1 amide bonds. The summed E-state index contributed by atoms with van der Waals surface area (Å²) in [5.74, 6) is 0.618. The van der Waals surface area contributed by atoms with Gasteiger partial charge in [-0.1, -0.05) is 45.7 Å². The lowest BCUT2D eigenvalue weighted by Crippen LogP contribution is -2.25. The molecule has 1 N–H and O–H groups in total. The van der Waals surface area contributed by atoms with Crippen LogP contribution in [0.5, 0.6) is 5.75 Å². The predicted molar refractivity (Wildman–Crippen MR) is 101 cm³/mol. The third kappa shape index (κ3) is 5.53. The molecule has 24 heavy (non-hydrogen) atoms. The van der Waals surface area contributed by atoms with E-state index in [4.69, 9.17) is 4.74 Å². The molecule has 2 aromatic rings. The summed E-state index contributed by atoms with van der Waals surface area (Å²) in [7, 11) is 2.02. The maximum absolute atomic E-state index is 12.0. The maximum atomic E-state index is 12.0. The van der Waals surface area contributed by atoms with Crippen molar-refractivity contribution in [3.8, 4) is 5.75 Å². The Labute approximate surface area is 151 Å². The zero-order valence-electron chi connectivity index (χ0n) is 13.5. The van der Waals surface area contributed by atoms with E-state index in [1.807, 2.05) is 26.0 Å². The molecule has 0 heterocycles. The highest BCUT2D eigenvalue weighted by Crippen LogP contribution is 2.16. The maximum Gasteiger partial charge on any atom is 0.252 e. The average molecular weight is 388 g/mol. The molecule has 0 radical (unpaired) electrons. The molecule has 0 atom stereocenters. The number of carbonyl (C=O) groups excluding carboxylic acids is 2. The summed E-state index contributed by atoms with van der Waals surface area (Å²) in [4.78, 5) is 23.0. The normalized spacial score (nSPS) is 10.2. The molecule has 0 aliphatic heterocycles. The molecule has 0 aliphatic rings. The summed E-state index contributed by atoms with van der Waals surface area (Å²) >= 11 is 3.44. The molecule has 0 bridgehead atoms. The van der Waals surface area contributed by atoms with Crippen LogP contribution in [0.4, 0.5) is 0 Å². The molecule has 0 spiro atoms. The SMILES string of the molecule is Bc1cc(Br)cc(OCCCCNC(=O)c2ccccc2C=O)c1. The Morgan fingerprint density at radius 3 is 2.75 bits per heavy atom. The van der Waals surface area contributed by atoms with Gasteiger partial charge in [-0.3, -0.25) is 9.59 Å². The molecule has 0 unspecified atom stereocenters. The van der Waals surface area contributed by atoms with Crippen LogP contribution in [0.25, 0.3) is 0 Å². The van der Waals surface area contributed by atoms with E-state index < -0.39 is 0 Å². The molecular formula is C18H19BBrNO3. The lowest BCUT2D eigenvalue weighted by molar-refractivity contribution is 0.0947. The van der Waals surface area contributed by atoms with Crippen LogP contribution in [0.1, 0.15) is 33.6 Å². The van der Waals surface area contributed by atoms with Crippen LogP contribution in [-0.4, -0.2) is 33.2 Å². The van der Waals surface area contributed by atoms with E-state index in [0.717, 1.165) is 28.5 Å². The first-order chi connectivity index (χ1) is 11.6. The van der Waals surface area contributed by atoms with Gasteiger partial charge in [-0.15, -0.1) is 0 Å². The molecule has 0 fully saturated rings. The Kier molecular flexibility index (Phi) is 7.06. The number of amides is 1. The van der Waals surface area contributed by atoms with Crippen LogP contribution in [0.2, 0.25) is 0 Å². The average Bonchev–Trinajstić information content (AvgIpc) is 2.56. The van der Waals surface area contributed by atoms with Gasteiger partial charge in [0.15, 0.2) is 6.29 Å². The molecule has 4 nitrogen and oxygen atoms in total. The number of unbranched alkanes of at least 4 members (excludes halogenated alkanes) is 1. The van der Waals surface area contributed by atoms with Crippen molar-refractivity contribution in [3.05, 3.63) is 58.1 Å². The first-order valence-corrected chi connectivity index (χ1v) is 8.62. The van der Waals surface area contributed by atoms with Gasteiger partial charge in [0, 0.05) is 22.1 Å². The minimum atomic E-state index is -0.221. The summed E-state index contributed by atoms with van der Waals surface area (Å²) in [6.45, 7) is 1.14. The second-order valence-corrected chi connectivity index (χ2v) is 6.40. The second-order valence-electron chi connectivity index (χ2n) is 5.48. The van der Waals surface area contributed by atoms with Crippen molar-refractivity contribution in [3.63, 3.8) is 0 Å². The molecule has 2 rings (SSSR count). The van der Waals surface area contributed by atoms with E-state index >= 15 is 0 Å². The summed E-state index contributed by atoms with van der Waals surface area (Å²) in [6.07, 6.45) is 2.34. The van der Waals surface area contributed by atoms with E-state index in [0.29, 0.717) is 30.6 Å². The number of hydrogen-bond donors (Lipinski definition) is 1. The molecule has 6 heteroatoms. The van der Waals surface area contributed by atoms with Gasteiger partial charge in [0.2, 0.25) is 0 Å². The fourth-order valence-corrected chi connectivity index (χ4v) is 2.89. The standard InChI is InChI=1S/C18H19BBrNO3/c19-14-9-15(20)11-16(10-14)24-8-4-3-7-21-18(23)17-6-2-1-5-13(17)12-22/h1-2,5-6,9-12H,3-4,7-8,19H2,(H,21,23). The van der Waals surface area contributed by atoms with Crippen LogP contribution in [0, 0.1) is 0 Å². The fourth-order valence-electron chi connectivity index (χ4n) is 2.31. The van der Waals surface area contributed by atoms with Gasteiger partial charge in [-0.2, -0.15) is 0 Å². The summed E-state index contributed by atoms with van der Waals surface area (Å²) in [5.41, 5.74) is 1.96. The van der Waals surface area contributed by atoms with Crippen LogP contribution in [0.15, 0.2) is 46.9 Å². The fraction of sp³-hybridized carbons (Fsp3) is 0.222. The minimum absolute atomic E-state index is 0.221. The third-order valence-corrected chi connectivity index (χ3v) is 3.93. The van der Waals surface area contributed by atoms with Crippen molar-refractivity contribution < 1.29 is 14.3 Å². The van der Waals surface area contributed by atoms with Gasteiger partial charge in [-0.25, -0.2) is 0 Å². The van der Waals surface area contributed by atoms with Crippen molar-refractivity contribution in [2.45, 2.75) is 12.8 Å². The van der Waals surface area contributed by atoms with Crippen LogP contribution in [0.3, 0.4) is 0 Å². The zero-order chi connectivity index (χ0) is 17.4. The molecule has 0 aliphatic carbocycles. The van der Waals surface area contributed by atoms with Crippen molar-refractivity contribution in [2.24, 2.45) is 0 Å². The lowest BCUT2D eigenvalue weighted by atomic mass is 9.96. The summed E-state index contributed by atoms with van der Waals surface area (Å²) in [6, 6.07) is 12.7. The quantitative estimate of drug-likeness (QED) is 0.428. The van der Waals surface area contributed by atoms with E-state index in [-0.39, 0.29) is 5.91 Å². The first-order valence-electron chi connectivity index (χ1n) is 7.82. The monoisotopic (exact) mass is 387 g/mol. The third-order valence-electron chi connectivity index (χ3n) is 3.47. The molecule has 0 saturated carbocycles. The number of benzene rings is 2. The Balaban J connectivity index is 1.69. The molecule has 0 aromatic heterocycles. The van der Waals surface area contributed by atoms with E-state index in [1.165, 1.54) is 0 Å². The van der Waals surface area contributed by atoms with Gasteiger partial charge >= 0.3 is 0 Å². The van der Waals surface area contributed by atoms with E-state index in [1.54, 1.807) is 24.3 Å². The van der Waals surface area contributed by atoms with Crippen molar-refractivity contribution in [1.29, 1.82) is 0 Å². The number of carbonyl (C=O) groups is 2. The van der Waals surface area contributed by atoms with Crippen molar-refractivity contribution in [2.75, 3.05) is 13.2 Å². The number of rotatable bonds is 8. The topological polar surface area (TPSA) is 55.4 Å². The van der Waals surface area contributed by atoms with Gasteiger partial charge < -0.3 is 10.1 Å². The molecular weight excluding hydrogens is 369 g/mol. The molecule has 124 valence electrons. The van der Waals surface area contributed by atoms with E-state index in [9.17, 15) is 9.59 Å². The minimum Gasteiger partial charge on any atom is -0.494 e. The van der Waals surface area contributed by atoms with Crippen molar-refractivity contribution in [1.82, 2.24) is 5.32 Å².